The van der Waals surface area contributed by atoms with Crippen molar-refractivity contribution in [2.24, 2.45) is 0 Å². The van der Waals surface area contributed by atoms with Gasteiger partial charge in [0.05, 0.1) is 24.8 Å². The van der Waals surface area contributed by atoms with Gasteiger partial charge in [-0.1, -0.05) is 12.1 Å². The van der Waals surface area contributed by atoms with E-state index in [4.69, 9.17) is 9.47 Å². The summed E-state index contributed by atoms with van der Waals surface area (Å²) in [6.07, 6.45) is 0.198. The van der Waals surface area contributed by atoms with Crippen molar-refractivity contribution in [3.63, 3.8) is 0 Å². The summed E-state index contributed by atoms with van der Waals surface area (Å²) >= 11 is 1.26. The molecular weight excluding hydrogens is 509 g/mol. The Hall–Kier alpha value is -2.70. The summed E-state index contributed by atoms with van der Waals surface area (Å²) in [5, 5.41) is 3.21. The average molecular weight is 539 g/mol. The van der Waals surface area contributed by atoms with E-state index in [0.717, 1.165) is 42.0 Å². The number of nitrogens with one attached hydrogen (secondary N) is 1. The number of piperidine rings is 1. The van der Waals surface area contributed by atoms with E-state index in [-0.39, 0.29) is 18.1 Å². The number of aromatic nitrogens is 1. The lowest BCUT2D eigenvalue weighted by Gasteiger charge is -2.37. The molecule has 0 bridgehead atoms. The van der Waals surface area contributed by atoms with Crippen molar-refractivity contribution in [3.05, 3.63) is 51.5 Å². The first kappa shape index (κ1) is 25.9. The van der Waals surface area contributed by atoms with Gasteiger partial charge in [-0.15, -0.1) is 11.3 Å². The molecule has 3 fully saturated rings. The van der Waals surface area contributed by atoms with Crippen LogP contribution >= 0.6 is 11.3 Å². The Kier molecular flexibility index (Phi) is 7.42. The highest BCUT2D eigenvalue weighted by molar-refractivity contribution is 7.13. The van der Waals surface area contributed by atoms with Gasteiger partial charge in [0.1, 0.15) is 5.60 Å². The number of halogens is 3. The fraction of sp³-hybridized carbons (Fsp3) is 0.560. The molecule has 8 nitrogen and oxygen atoms in total. The molecule has 1 aromatic heterocycles. The normalized spacial score (nSPS) is 22.0. The second kappa shape index (κ2) is 10.6. The molecule has 3 aliphatic heterocycles. The van der Waals surface area contributed by atoms with Gasteiger partial charge in [-0.25, -0.2) is 9.78 Å². The van der Waals surface area contributed by atoms with E-state index in [1.807, 2.05) is 0 Å². The molecule has 1 unspecified atom stereocenters. The molecule has 12 heteroatoms. The maximum absolute atomic E-state index is 12.8. The van der Waals surface area contributed by atoms with E-state index in [2.05, 4.69) is 15.2 Å². The lowest BCUT2D eigenvalue weighted by atomic mass is 9.91. The zero-order chi connectivity index (χ0) is 26.0. The van der Waals surface area contributed by atoms with Gasteiger partial charge in [0.25, 0.3) is 5.91 Å². The minimum atomic E-state index is -4.34. The van der Waals surface area contributed by atoms with Gasteiger partial charge in [-0.05, 0) is 30.5 Å². The van der Waals surface area contributed by atoms with E-state index < -0.39 is 17.3 Å². The number of ether oxygens (including phenoxy) is 2. The highest BCUT2D eigenvalue weighted by atomic mass is 32.1. The van der Waals surface area contributed by atoms with Crippen LogP contribution in [-0.4, -0.2) is 71.3 Å². The molecule has 0 saturated carbocycles. The first-order chi connectivity index (χ1) is 17.7. The van der Waals surface area contributed by atoms with Crippen molar-refractivity contribution in [2.45, 2.75) is 56.7 Å². The number of hydrogen-bond donors (Lipinski definition) is 1. The van der Waals surface area contributed by atoms with Gasteiger partial charge < -0.3 is 14.8 Å². The Morgan fingerprint density at radius 2 is 1.95 bits per heavy atom. The van der Waals surface area contributed by atoms with E-state index in [1.54, 1.807) is 11.1 Å². The van der Waals surface area contributed by atoms with Crippen molar-refractivity contribution in [3.8, 4) is 0 Å². The molecule has 2 aromatic rings. The zero-order valence-electron chi connectivity index (χ0n) is 20.3. The quantitative estimate of drug-likeness (QED) is 0.573. The number of likely N-dealkylation sites (tertiary alicyclic amines) is 1. The molecule has 1 spiro atoms. The topological polar surface area (TPSA) is 84.0 Å². The maximum Gasteiger partial charge on any atom is 0.416 e. The number of rotatable bonds is 7. The Balaban J connectivity index is 1.10. The Morgan fingerprint density at radius 1 is 1.19 bits per heavy atom. The molecule has 3 saturated heterocycles. The first-order valence-electron chi connectivity index (χ1n) is 12.4. The van der Waals surface area contributed by atoms with Crippen molar-refractivity contribution >= 4 is 23.3 Å². The van der Waals surface area contributed by atoms with Gasteiger partial charge >= 0.3 is 12.3 Å². The summed E-state index contributed by atoms with van der Waals surface area (Å²) < 4.78 is 49.7. The Morgan fingerprint density at radius 3 is 2.62 bits per heavy atom. The second-order valence-electron chi connectivity index (χ2n) is 9.85. The van der Waals surface area contributed by atoms with Gasteiger partial charge in [0, 0.05) is 56.7 Å². The first-order valence-corrected chi connectivity index (χ1v) is 13.2. The van der Waals surface area contributed by atoms with Gasteiger partial charge in [-0.2, -0.15) is 13.2 Å². The SMILES string of the molecule is O=C(NCC1CCCO1)c1ncc(CN2CC3(CCN(Cc4ccc(C(F)(F)F)cc4)CC3)OC2=O)s1. The number of benzene rings is 1. The Bertz CT molecular complexity index is 1110. The largest absolute Gasteiger partial charge is 0.441 e. The summed E-state index contributed by atoms with van der Waals surface area (Å²) in [6.45, 7) is 3.88. The van der Waals surface area contributed by atoms with Crippen LogP contribution in [-0.2, 0) is 28.7 Å². The van der Waals surface area contributed by atoms with Gasteiger partial charge in [-0.3, -0.25) is 14.6 Å². The van der Waals surface area contributed by atoms with Crippen LogP contribution in [0.2, 0.25) is 0 Å². The van der Waals surface area contributed by atoms with E-state index in [1.165, 1.54) is 23.5 Å². The summed E-state index contributed by atoms with van der Waals surface area (Å²) in [5.41, 5.74) is -0.408. The van der Waals surface area contributed by atoms with Crippen LogP contribution in [0, 0.1) is 0 Å². The summed E-state index contributed by atoms with van der Waals surface area (Å²) in [7, 11) is 0. The number of alkyl halides is 3. The third kappa shape index (κ3) is 6.24. The fourth-order valence-corrected chi connectivity index (χ4v) is 5.86. The van der Waals surface area contributed by atoms with E-state index in [0.29, 0.717) is 57.1 Å². The second-order valence-corrected chi connectivity index (χ2v) is 11.0. The third-order valence-electron chi connectivity index (χ3n) is 7.10. The van der Waals surface area contributed by atoms with Crippen LogP contribution in [0.15, 0.2) is 30.5 Å². The summed E-state index contributed by atoms with van der Waals surface area (Å²) in [4.78, 5) is 33.8. The molecule has 0 aliphatic carbocycles. The summed E-state index contributed by atoms with van der Waals surface area (Å²) in [5.74, 6) is -0.243. The molecule has 37 heavy (non-hydrogen) atoms. The van der Waals surface area contributed by atoms with Crippen molar-refractivity contribution < 1.29 is 32.2 Å². The standard InChI is InChI=1S/C25H29F3N4O4S/c26-25(27,28)18-5-3-17(4-6-18)14-31-9-7-24(8-10-31)16-32(23(34)36-24)15-20-13-30-22(37-20)21(33)29-12-19-2-1-11-35-19/h3-6,13,19H,1-2,7-12,14-16H2,(H,29,33). The van der Waals surface area contributed by atoms with Crippen LogP contribution < -0.4 is 5.32 Å². The smallest absolute Gasteiger partial charge is 0.416 e. The average Bonchev–Trinajstić information content (AvgIpc) is 3.61. The number of nitrogens with zero attached hydrogens (tertiary/aromatic N) is 3. The lowest BCUT2D eigenvalue weighted by Crippen LogP contribution is -2.46. The minimum absolute atomic E-state index is 0.0558. The van der Waals surface area contributed by atoms with E-state index >= 15 is 0 Å². The number of carbonyl (C=O) groups excluding carboxylic acids is 2. The van der Waals surface area contributed by atoms with Crippen LogP contribution in [0.4, 0.5) is 18.0 Å². The van der Waals surface area contributed by atoms with E-state index in [9.17, 15) is 22.8 Å². The minimum Gasteiger partial charge on any atom is -0.441 e. The molecule has 2 amide bonds. The van der Waals surface area contributed by atoms with Crippen LogP contribution in [0.3, 0.4) is 0 Å². The van der Waals surface area contributed by atoms with Crippen molar-refractivity contribution in [1.82, 2.24) is 20.1 Å². The predicted molar refractivity (Wildman–Crippen MR) is 129 cm³/mol. The lowest BCUT2D eigenvalue weighted by molar-refractivity contribution is -0.137. The molecule has 0 radical (unpaired) electrons. The molecule has 4 heterocycles. The zero-order valence-corrected chi connectivity index (χ0v) is 21.1. The number of amides is 2. The third-order valence-corrected chi connectivity index (χ3v) is 8.09. The summed E-state index contributed by atoms with van der Waals surface area (Å²) in [6, 6.07) is 5.24. The van der Waals surface area contributed by atoms with Gasteiger partial charge in [0.15, 0.2) is 5.01 Å². The molecule has 5 rings (SSSR count). The molecule has 1 N–H and O–H groups in total. The molecule has 1 atom stereocenters. The van der Waals surface area contributed by atoms with Gasteiger partial charge in [0.2, 0.25) is 0 Å². The fourth-order valence-electron chi connectivity index (χ4n) is 5.01. The predicted octanol–water partition coefficient (Wildman–Crippen LogP) is 4.06. The molecular formula is C25H29F3N4O4S. The van der Waals surface area contributed by atoms with Crippen LogP contribution in [0.25, 0.3) is 0 Å². The van der Waals surface area contributed by atoms with Crippen molar-refractivity contribution in [1.29, 1.82) is 0 Å². The monoisotopic (exact) mass is 538 g/mol. The van der Waals surface area contributed by atoms with Crippen LogP contribution in [0.5, 0.6) is 0 Å². The van der Waals surface area contributed by atoms with Crippen LogP contribution in [0.1, 0.15) is 51.5 Å². The number of hydrogen-bond acceptors (Lipinski definition) is 7. The highest BCUT2D eigenvalue weighted by Gasteiger charge is 2.47. The highest BCUT2D eigenvalue weighted by Crippen LogP contribution is 2.35. The molecule has 1 aromatic carbocycles. The number of thiazole rings is 1. The Labute approximate surface area is 216 Å². The van der Waals surface area contributed by atoms with Crippen molar-refractivity contribution in [2.75, 3.05) is 32.8 Å². The molecule has 200 valence electrons. The molecule has 3 aliphatic rings. The number of carbonyl (C=O) groups is 2. The maximum atomic E-state index is 12.8.